The van der Waals surface area contributed by atoms with Crippen molar-refractivity contribution in [2.45, 2.75) is 270 Å². The van der Waals surface area contributed by atoms with Gasteiger partial charge in [-0.3, -0.25) is 9.59 Å². The fourth-order valence-electron chi connectivity index (χ4n) is 9.13. The Hall–Kier alpha value is -1.57. The molecule has 2 rings (SSSR count). The molecule has 0 bridgehead atoms. The lowest BCUT2D eigenvalue weighted by Crippen LogP contribution is -2.43. The van der Waals surface area contributed by atoms with Crippen molar-refractivity contribution >= 4 is 29.8 Å². The maximum absolute atomic E-state index is 12.4. The van der Waals surface area contributed by atoms with E-state index in [1.165, 1.54) is 141 Å². The number of esters is 1. The average Bonchev–Trinajstić information content (AvgIpc) is 3.93. The molecule has 0 aliphatic carbocycles. The number of nitrogens with zero attached hydrogens (tertiary/aromatic N) is 2. The molecule has 0 spiro atoms. The lowest BCUT2D eigenvalue weighted by molar-refractivity contribution is -0.180. The largest absolute Gasteiger partial charge is 0.468 e. The van der Waals surface area contributed by atoms with Crippen LogP contribution < -0.4 is 5.32 Å². The van der Waals surface area contributed by atoms with Crippen LogP contribution >= 0.6 is 12.2 Å². The number of thiocarbonyl (C=S) groups is 1. The molecule has 0 aromatic carbocycles. The van der Waals surface area contributed by atoms with Gasteiger partial charge >= 0.3 is 5.97 Å². The van der Waals surface area contributed by atoms with Crippen molar-refractivity contribution in [3.8, 4) is 0 Å². The van der Waals surface area contributed by atoms with Crippen LogP contribution in [0.1, 0.15) is 247 Å². The molecule has 2 fully saturated rings. The van der Waals surface area contributed by atoms with E-state index in [0.29, 0.717) is 38.0 Å². The van der Waals surface area contributed by atoms with Gasteiger partial charge in [-0.1, -0.05) is 143 Å². The second-order valence-electron chi connectivity index (χ2n) is 19.9. The molecule has 12 heteroatoms. The van der Waals surface area contributed by atoms with Gasteiger partial charge in [-0.25, -0.2) is 0 Å². The lowest BCUT2D eigenvalue weighted by atomic mass is 9.99. The highest BCUT2D eigenvalue weighted by Crippen LogP contribution is 2.37. The molecule has 2 saturated heterocycles. The third-order valence-electron chi connectivity index (χ3n) is 13.3. The average molecular weight is 971 g/mol. The minimum absolute atomic E-state index is 0.151. The van der Waals surface area contributed by atoms with Crippen molar-refractivity contribution in [1.29, 1.82) is 0 Å². The fourth-order valence-corrected chi connectivity index (χ4v) is 9.43. The predicted octanol–water partition coefficient (Wildman–Crippen LogP) is 13.6. The van der Waals surface area contributed by atoms with Crippen LogP contribution in [0.4, 0.5) is 0 Å². The van der Waals surface area contributed by atoms with E-state index < -0.39 is 0 Å². The fraction of sp³-hybridized carbons (Fsp3) is 0.945. The van der Waals surface area contributed by atoms with Crippen LogP contribution in [-0.2, 0) is 38.0 Å². The van der Waals surface area contributed by atoms with Crippen LogP contribution in [0.25, 0.3) is 0 Å². The molecule has 0 aromatic heterocycles. The molecule has 396 valence electrons. The monoisotopic (exact) mass is 970 g/mol. The Balaban J connectivity index is 0.000000722. The Kier molecular flexibility index (Phi) is 40.9. The van der Waals surface area contributed by atoms with E-state index in [4.69, 9.17) is 40.6 Å². The van der Waals surface area contributed by atoms with Gasteiger partial charge in [0, 0.05) is 38.8 Å². The summed E-state index contributed by atoms with van der Waals surface area (Å²) in [5.41, 5.74) is 0. The first-order valence-corrected chi connectivity index (χ1v) is 28.5. The molecule has 2 heterocycles. The van der Waals surface area contributed by atoms with Gasteiger partial charge in [0.25, 0.3) is 6.47 Å². The summed E-state index contributed by atoms with van der Waals surface area (Å²) in [6.45, 7) is 16.6. The SMILES string of the molecule is CCCCCCCCCC1(CCCCCC)OCC(CCCCOC(=O)CN(CC)C(=S)NCCCN(C)C)O1.CCCCCCCCCC1(CCCCCC)OCC(CCCCOC=O)O1. The summed E-state index contributed by atoms with van der Waals surface area (Å²) in [4.78, 5) is 26.6. The van der Waals surface area contributed by atoms with Gasteiger partial charge in [0.1, 0.15) is 6.54 Å². The van der Waals surface area contributed by atoms with Crippen molar-refractivity contribution in [3.05, 3.63) is 0 Å². The highest BCUT2D eigenvalue weighted by molar-refractivity contribution is 7.80. The number of ether oxygens (including phenoxy) is 6. The molecule has 67 heavy (non-hydrogen) atoms. The first-order valence-electron chi connectivity index (χ1n) is 28.1. The number of nitrogens with one attached hydrogen (secondary N) is 1. The van der Waals surface area contributed by atoms with Crippen LogP contribution in [0, 0.1) is 0 Å². The molecule has 4 atom stereocenters. The number of hydrogen-bond donors (Lipinski definition) is 1. The minimum Gasteiger partial charge on any atom is -0.468 e. The first kappa shape index (κ1) is 63.4. The van der Waals surface area contributed by atoms with E-state index in [-0.39, 0.29) is 36.3 Å². The van der Waals surface area contributed by atoms with E-state index in [0.717, 1.165) is 90.3 Å². The van der Waals surface area contributed by atoms with Gasteiger partial charge in [0.15, 0.2) is 16.7 Å². The smallest absolute Gasteiger partial charge is 0.325 e. The predicted molar refractivity (Wildman–Crippen MR) is 282 cm³/mol. The second-order valence-corrected chi connectivity index (χ2v) is 20.3. The van der Waals surface area contributed by atoms with Crippen LogP contribution in [0.3, 0.4) is 0 Å². The maximum Gasteiger partial charge on any atom is 0.325 e. The van der Waals surface area contributed by atoms with E-state index in [2.05, 4.69) is 52.0 Å². The van der Waals surface area contributed by atoms with Crippen molar-refractivity contribution in [2.24, 2.45) is 0 Å². The van der Waals surface area contributed by atoms with Crippen molar-refractivity contribution in [3.63, 3.8) is 0 Å². The molecule has 2 aliphatic rings. The first-order chi connectivity index (χ1) is 32.6. The van der Waals surface area contributed by atoms with E-state index in [9.17, 15) is 9.59 Å². The van der Waals surface area contributed by atoms with Crippen molar-refractivity contribution in [1.82, 2.24) is 15.1 Å². The van der Waals surface area contributed by atoms with Crippen molar-refractivity contribution < 1.29 is 38.0 Å². The summed E-state index contributed by atoms with van der Waals surface area (Å²) < 4.78 is 35.9. The number of unbranched alkanes of at least 4 members (excludes halogenated alkanes) is 20. The van der Waals surface area contributed by atoms with Gasteiger partial charge < -0.3 is 43.5 Å². The van der Waals surface area contributed by atoms with Crippen LogP contribution in [0.5, 0.6) is 0 Å². The van der Waals surface area contributed by atoms with Crippen LogP contribution in [0.15, 0.2) is 0 Å². The Morgan fingerprint density at radius 1 is 0.597 bits per heavy atom. The third-order valence-corrected chi connectivity index (χ3v) is 13.7. The van der Waals surface area contributed by atoms with Crippen LogP contribution in [-0.4, -0.2) is 118 Å². The quantitative estimate of drug-likeness (QED) is 0.0272. The Morgan fingerprint density at radius 3 is 1.43 bits per heavy atom. The summed E-state index contributed by atoms with van der Waals surface area (Å²) >= 11 is 5.47. The highest BCUT2D eigenvalue weighted by Gasteiger charge is 2.41. The number of rotatable bonds is 44. The summed E-state index contributed by atoms with van der Waals surface area (Å²) in [6, 6.07) is 0. The van der Waals surface area contributed by atoms with Gasteiger partial charge in [-0.2, -0.15) is 0 Å². The molecule has 0 saturated carbocycles. The molecule has 0 radical (unpaired) electrons. The van der Waals surface area contributed by atoms with Gasteiger partial charge in [-0.05, 0) is 110 Å². The zero-order chi connectivity index (χ0) is 49.1. The normalized spacial score (nSPS) is 20.2. The Bertz CT molecular complexity index is 1170. The third kappa shape index (κ3) is 33.6. The van der Waals surface area contributed by atoms with E-state index in [1.54, 1.807) is 0 Å². The summed E-state index contributed by atoms with van der Waals surface area (Å²) in [5, 5.41) is 3.87. The molecule has 11 nitrogen and oxygen atoms in total. The molecule has 2 aliphatic heterocycles. The molecule has 0 aromatic rings. The topological polar surface area (TPSA) is 108 Å². The molecule has 1 N–H and O–H groups in total. The zero-order valence-electron chi connectivity index (χ0n) is 44.8. The molecule has 0 amide bonds. The maximum atomic E-state index is 12.4. The second kappa shape index (κ2) is 43.2. The van der Waals surface area contributed by atoms with Gasteiger partial charge in [0.2, 0.25) is 0 Å². The summed E-state index contributed by atoms with van der Waals surface area (Å²) in [7, 11) is 4.12. The number of carbonyl (C=O) groups excluding carboxylic acids is 2. The lowest BCUT2D eigenvalue weighted by Gasteiger charge is -2.28. The van der Waals surface area contributed by atoms with Gasteiger partial charge in [-0.15, -0.1) is 0 Å². The van der Waals surface area contributed by atoms with Crippen LogP contribution in [0.2, 0.25) is 0 Å². The van der Waals surface area contributed by atoms with E-state index >= 15 is 0 Å². The summed E-state index contributed by atoms with van der Waals surface area (Å²) in [6.07, 6.45) is 39.5. The summed E-state index contributed by atoms with van der Waals surface area (Å²) in [5.74, 6) is -0.932. The van der Waals surface area contributed by atoms with Gasteiger partial charge in [0.05, 0.1) is 38.6 Å². The number of carbonyl (C=O) groups is 2. The number of likely N-dealkylation sites (N-methyl/N-ethyl adjacent to an activating group) is 1. The molecular weight excluding hydrogens is 863 g/mol. The highest BCUT2D eigenvalue weighted by atomic mass is 32.1. The minimum atomic E-state index is -0.378. The molecule has 4 unspecified atom stereocenters. The van der Waals surface area contributed by atoms with E-state index in [1.807, 2.05) is 11.8 Å². The zero-order valence-corrected chi connectivity index (χ0v) is 45.6. The Labute approximate surface area is 418 Å². The Morgan fingerprint density at radius 2 is 1.01 bits per heavy atom. The standard InChI is InChI=1S/C32H63N3O4S.C23H44O4/c1-6-9-11-13-14-15-18-23-32(22-17-12-10-7-2)38-28-29(39-32)21-16-19-26-37-30(36)27-35(8-3)31(40)33-24-20-25-34(4)5;1-3-5-7-9-10-11-14-18-23(17-13-8-6-4-2)26-20-22(27-23)16-12-15-19-25-21-24/h29H,6-28H2,1-5H3,(H,33,40);21-22H,3-20H2,1-2H3. The molecular formula is C55H107N3O8S. The number of hydrogen-bond acceptors (Lipinski definition) is 10. The van der Waals surface area contributed by atoms with Crippen molar-refractivity contribution in [2.75, 3.05) is 66.7 Å².